The standard InChI is InChI=1S/C23H29NO4/c25-22(7-3-4-17-10-12-28-13-11-17)24-16-21(23(26)27)15-18-8-9-19-5-1-2-6-20(19)14-18/h1-2,5-6,8-9,14,17,21H,3-4,7,10-13,15-16H2,(H,24,25)(H,26,27). The highest BCUT2D eigenvalue weighted by atomic mass is 16.5. The van der Waals surface area contributed by atoms with Gasteiger partial charge in [-0.3, -0.25) is 9.59 Å². The number of carboxylic acids is 1. The summed E-state index contributed by atoms with van der Waals surface area (Å²) in [4.78, 5) is 23.7. The van der Waals surface area contributed by atoms with Crippen molar-refractivity contribution in [1.82, 2.24) is 5.32 Å². The summed E-state index contributed by atoms with van der Waals surface area (Å²) in [6, 6.07) is 14.0. The molecule has 1 atom stereocenters. The van der Waals surface area contributed by atoms with Crippen LogP contribution in [-0.4, -0.2) is 36.7 Å². The molecule has 1 aliphatic heterocycles. The summed E-state index contributed by atoms with van der Waals surface area (Å²) in [6.07, 6.45) is 4.90. The van der Waals surface area contributed by atoms with Crippen molar-refractivity contribution in [2.24, 2.45) is 11.8 Å². The summed E-state index contributed by atoms with van der Waals surface area (Å²) in [7, 11) is 0. The van der Waals surface area contributed by atoms with Crippen molar-refractivity contribution >= 4 is 22.6 Å². The number of rotatable bonds is 9. The minimum absolute atomic E-state index is 0.0585. The lowest BCUT2D eigenvalue weighted by Gasteiger charge is -2.21. The van der Waals surface area contributed by atoms with Gasteiger partial charge in [0.25, 0.3) is 0 Å². The lowest BCUT2D eigenvalue weighted by atomic mass is 9.94. The van der Waals surface area contributed by atoms with Gasteiger partial charge in [0.05, 0.1) is 5.92 Å². The summed E-state index contributed by atoms with van der Waals surface area (Å²) in [5.41, 5.74) is 0.972. The summed E-state index contributed by atoms with van der Waals surface area (Å²) < 4.78 is 5.35. The quantitative estimate of drug-likeness (QED) is 0.691. The predicted molar refractivity (Wildman–Crippen MR) is 109 cm³/mol. The fourth-order valence-electron chi connectivity index (χ4n) is 3.81. The highest BCUT2D eigenvalue weighted by molar-refractivity contribution is 5.83. The predicted octanol–water partition coefficient (Wildman–Crippen LogP) is 3.80. The first-order valence-corrected chi connectivity index (χ1v) is 10.2. The Labute approximate surface area is 166 Å². The minimum Gasteiger partial charge on any atom is -0.481 e. The maximum absolute atomic E-state index is 12.1. The molecular weight excluding hydrogens is 354 g/mol. The number of amides is 1. The third-order valence-electron chi connectivity index (χ3n) is 5.55. The van der Waals surface area contributed by atoms with Gasteiger partial charge in [-0.05, 0) is 54.4 Å². The van der Waals surface area contributed by atoms with Crippen molar-refractivity contribution in [3.8, 4) is 0 Å². The molecule has 5 heteroatoms. The summed E-state index contributed by atoms with van der Waals surface area (Å²) >= 11 is 0. The second-order valence-electron chi connectivity index (χ2n) is 7.67. The maximum Gasteiger partial charge on any atom is 0.308 e. The van der Waals surface area contributed by atoms with Crippen LogP contribution in [0, 0.1) is 11.8 Å². The zero-order chi connectivity index (χ0) is 19.8. The van der Waals surface area contributed by atoms with E-state index in [9.17, 15) is 14.7 Å². The zero-order valence-corrected chi connectivity index (χ0v) is 16.2. The number of nitrogens with one attached hydrogen (secondary N) is 1. The average molecular weight is 383 g/mol. The van der Waals surface area contributed by atoms with Gasteiger partial charge >= 0.3 is 5.97 Å². The van der Waals surface area contributed by atoms with Crippen molar-refractivity contribution in [2.45, 2.75) is 38.5 Å². The molecule has 0 saturated carbocycles. The largest absolute Gasteiger partial charge is 0.481 e. The Kier molecular flexibility index (Phi) is 7.43. The summed E-state index contributed by atoms with van der Waals surface area (Å²) in [5, 5.41) is 14.6. The van der Waals surface area contributed by atoms with Gasteiger partial charge in [0, 0.05) is 26.2 Å². The van der Waals surface area contributed by atoms with Gasteiger partial charge in [0.15, 0.2) is 0 Å². The van der Waals surface area contributed by atoms with Gasteiger partial charge in [-0.15, -0.1) is 0 Å². The van der Waals surface area contributed by atoms with Gasteiger partial charge in [0.2, 0.25) is 5.91 Å². The van der Waals surface area contributed by atoms with Crippen LogP contribution in [0.15, 0.2) is 42.5 Å². The van der Waals surface area contributed by atoms with E-state index in [2.05, 4.69) is 5.32 Å². The lowest BCUT2D eigenvalue weighted by molar-refractivity contribution is -0.141. The molecule has 1 amide bonds. The summed E-state index contributed by atoms with van der Waals surface area (Å²) in [6.45, 7) is 1.82. The monoisotopic (exact) mass is 383 g/mol. The Bertz CT molecular complexity index is 798. The Morgan fingerprint density at radius 3 is 2.61 bits per heavy atom. The molecule has 2 aromatic carbocycles. The van der Waals surface area contributed by atoms with Gasteiger partial charge in [-0.1, -0.05) is 42.5 Å². The molecule has 2 aromatic rings. The topological polar surface area (TPSA) is 75.6 Å². The molecule has 0 spiro atoms. The number of carbonyl (C=O) groups is 2. The first-order valence-electron chi connectivity index (χ1n) is 10.2. The number of fused-ring (bicyclic) bond motifs is 1. The molecule has 0 aliphatic carbocycles. The fourth-order valence-corrected chi connectivity index (χ4v) is 3.81. The molecule has 1 aliphatic rings. The van der Waals surface area contributed by atoms with Gasteiger partial charge in [0.1, 0.15) is 0 Å². The number of aliphatic carboxylic acids is 1. The molecule has 1 saturated heterocycles. The molecule has 28 heavy (non-hydrogen) atoms. The van der Waals surface area contributed by atoms with Gasteiger partial charge in [-0.25, -0.2) is 0 Å². The van der Waals surface area contributed by atoms with E-state index in [4.69, 9.17) is 4.74 Å². The van der Waals surface area contributed by atoms with Crippen LogP contribution in [0.1, 0.15) is 37.7 Å². The SMILES string of the molecule is O=C(CCCC1CCOCC1)NCC(Cc1ccc2ccccc2c1)C(=O)O. The molecule has 0 aromatic heterocycles. The Morgan fingerprint density at radius 1 is 1.11 bits per heavy atom. The molecule has 0 bridgehead atoms. The summed E-state index contributed by atoms with van der Waals surface area (Å²) in [5.74, 6) is -0.908. The highest BCUT2D eigenvalue weighted by Crippen LogP contribution is 2.21. The van der Waals surface area contributed by atoms with E-state index >= 15 is 0 Å². The van der Waals surface area contributed by atoms with E-state index in [0.717, 1.165) is 55.2 Å². The first-order chi connectivity index (χ1) is 13.6. The second kappa shape index (κ2) is 10.2. The Balaban J connectivity index is 1.45. The van der Waals surface area contributed by atoms with Gasteiger partial charge in [-0.2, -0.15) is 0 Å². The van der Waals surface area contributed by atoms with Crippen molar-refractivity contribution in [1.29, 1.82) is 0 Å². The molecule has 3 rings (SSSR count). The molecule has 150 valence electrons. The van der Waals surface area contributed by atoms with E-state index in [1.54, 1.807) is 0 Å². The van der Waals surface area contributed by atoms with E-state index in [0.29, 0.717) is 18.8 Å². The van der Waals surface area contributed by atoms with Crippen LogP contribution in [0.4, 0.5) is 0 Å². The zero-order valence-electron chi connectivity index (χ0n) is 16.2. The van der Waals surface area contributed by atoms with Crippen molar-refractivity contribution in [3.63, 3.8) is 0 Å². The highest BCUT2D eigenvalue weighted by Gasteiger charge is 2.19. The lowest BCUT2D eigenvalue weighted by Crippen LogP contribution is -2.34. The van der Waals surface area contributed by atoms with Crippen LogP contribution in [0.2, 0.25) is 0 Å². The number of hydrogen-bond donors (Lipinski definition) is 2. The number of ether oxygens (including phenoxy) is 1. The molecule has 2 N–H and O–H groups in total. The Hall–Kier alpha value is -2.40. The van der Waals surface area contributed by atoms with E-state index < -0.39 is 11.9 Å². The van der Waals surface area contributed by atoms with Crippen LogP contribution in [0.3, 0.4) is 0 Å². The van der Waals surface area contributed by atoms with Crippen LogP contribution in [0.25, 0.3) is 10.8 Å². The van der Waals surface area contributed by atoms with E-state index in [1.807, 2.05) is 42.5 Å². The van der Waals surface area contributed by atoms with Crippen LogP contribution in [0.5, 0.6) is 0 Å². The Morgan fingerprint density at radius 2 is 1.86 bits per heavy atom. The smallest absolute Gasteiger partial charge is 0.308 e. The maximum atomic E-state index is 12.1. The average Bonchev–Trinajstić information content (AvgIpc) is 2.71. The molecule has 1 unspecified atom stereocenters. The normalized spacial score (nSPS) is 16.0. The number of benzene rings is 2. The number of hydrogen-bond acceptors (Lipinski definition) is 3. The molecular formula is C23H29NO4. The molecule has 1 fully saturated rings. The molecule has 0 radical (unpaired) electrons. The number of carboxylic acid groups (broad SMARTS) is 1. The third-order valence-corrected chi connectivity index (χ3v) is 5.55. The van der Waals surface area contributed by atoms with Crippen LogP contribution >= 0.6 is 0 Å². The molecule has 5 nitrogen and oxygen atoms in total. The van der Waals surface area contributed by atoms with Crippen LogP contribution < -0.4 is 5.32 Å². The molecule has 1 heterocycles. The van der Waals surface area contributed by atoms with E-state index in [1.165, 1.54) is 0 Å². The second-order valence-corrected chi connectivity index (χ2v) is 7.67. The first kappa shape index (κ1) is 20.3. The van der Waals surface area contributed by atoms with Crippen molar-refractivity contribution in [3.05, 3.63) is 48.0 Å². The number of carbonyl (C=O) groups excluding carboxylic acids is 1. The minimum atomic E-state index is -0.879. The fraction of sp³-hybridized carbons (Fsp3) is 0.478. The van der Waals surface area contributed by atoms with Crippen LogP contribution in [-0.2, 0) is 20.7 Å². The van der Waals surface area contributed by atoms with E-state index in [-0.39, 0.29) is 12.5 Å². The van der Waals surface area contributed by atoms with Gasteiger partial charge < -0.3 is 15.2 Å². The van der Waals surface area contributed by atoms with Crippen molar-refractivity contribution < 1.29 is 19.4 Å². The van der Waals surface area contributed by atoms with Crippen molar-refractivity contribution in [2.75, 3.05) is 19.8 Å². The third kappa shape index (κ3) is 6.06.